The molecule has 0 saturated carbocycles. The Morgan fingerprint density at radius 2 is 1.96 bits per heavy atom. The van der Waals surface area contributed by atoms with Crippen molar-refractivity contribution in [3.05, 3.63) is 69.5 Å². The number of anilines is 1. The van der Waals surface area contributed by atoms with Gasteiger partial charge in [0.2, 0.25) is 0 Å². The van der Waals surface area contributed by atoms with Crippen molar-refractivity contribution in [1.82, 2.24) is 4.98 Å². The average Bonchev–Trinajstić information content (AvgIpc) is 2.54. The molecule has 0 amide bonds. The minimum atomic E-state index is -0.121. The van der Waals surface area contributed by atoms with Crippen LogP contribution < -0.4 is 5.32 Å². The predicted octanol–water partition coefficient (Wildman–Crippen LogP) is 6.04. The second-order valence-corrected chi connectivity index (χ2v) is 8.87. The van der Waals surface area contributed by atoms with Gasteiger partial charge in [-0.2, -0.15) is 0 Å². The minimum absolute atomic E-state index is 0.121. The van der Waals surface area contributed by atoms with E-state index in [0.29, 0.717) is 5.41 Å². The highest BCUT2D eigenvalue weighted by molar-refractivity contribution is 9.10. The zero-order valence-corrected chi connectivity index (χ0v) is 16.1. The number of rotatable bonds is 1. The molecule has 0 radical (unpaired) electrons. The molecule has 0 spiro atoms. The SMILES string of the molecule is CC1(C)CCC2=C(C1)Nc1ncccc1[C@@]2(C)c1cccc(Br)c1. The number of aromatic nitrogens is 1. The Labute approximate surface area is 152 Å². The number of benzene rings is 1. The lowest BCUT2D eigenvalue weighted by Gasteiger charge is -2.45. The van der Waals surface area contributed by atoms with Crippen LogP contribution >= 0.6 is 15.9 Å². The molecule has 1 aromatic carbocycles. The van der Waals surface area contributed by atoms with Crippen LogP contribution in [-0.4, -0.2) is 4.98 Å². The number of hydrogen-bond acceptors (Lipinski definition) is 2. The summed E-state index contributed by atoms with van der Waals surface area (Å²) in [5.41, 5.74) is 5.74. The van der Waals surface area contributed by atoms with Gasteiger partial charge < -0.3 is 5.32 Å². The molecule has 1 N–H and O–H groups in total. The van der Waals surface area contributed by atoms with Crippen LogP contribution in [-0.2, 0) is 5.41 Å². The number of allylic oxidation sites excluding steroid dienone is 2. The fourth-order valence-corrected chi connectivity index (χ4v) is 4.70. The summed E-state index contributed by atoms with van der Waals surface area (Å²) < 4.78 is 1.13. The molecule has 0 unspecified atom stereocenters. The highest BCUT2D eigenvalue weighted by Gasteiger charge is 2.43. The first-order chi connectivity index (χ1) is 11.4. The second-order valence-electron chi connectivity index (χ2n) is 7.96. The van der Waals surface area contributed by atoms with E-state index in [1.165, 1.54) is 28.8 Å². The molecule has 24 heavy (non-hydrogen) atoms. The Morgan fingerprint density at radius 3 is 2.75 bits per heavy atom. The summed E-state index contributed by atoms with van der Waals surface area (Å²) in [6.45, 7) is 7.09. The van der Waals surface area contributed by atoms with Gasteiger partial charge >= 0.3 is 0 Å². The average molecular weight is 383 g/mol. The Bertz CT molecular complexity index is 837. The number of nitrogens with zero attached hydrogens (tertiary/aromatic N) is 1. The van der Waals surface area contributed by atoms with Gasteiger partial charge in [0.25, 0.3) is 0 Å². The molecule has 1 aliphatic heterocycles. The van der Waals surface area contributed by atoms with Crippen LogP contribution in [0, 0.1) is 5.41 Å². The maximum Gasteiger partial charge on any atom is 0.134 e. The number of nitrogens with one attached hydrogen (secondary N) is 1. The molecule has 1 atom stereocenters. The van der Waals surface area contributed by atoms with Crippen molar-refractivity contribution in [1.29, 1.82) is 0 Å². The summed E-state index contributed by atoms with van der Waals surface area (Å²) in [5.74, 6) is 1.01. The van der Waals surface area contributed by atoms with Gasteiger partial charge in [-0.15, -0.1) is 0 Å². The van der Waals surface area contributed by atoms with Gasteiger partial charge in [0.1, 0.15) is 5.82 Å². The summed E-state index contributed by atoms with van der Waals surface area (Å²) in [4.78, 5) is 4.64. The Morgan fingerprint density at radius 1 is 1.12 bits per heavy atom. The molecular weight excluding hydrogens is 360 g/mol. The number of hydrogen-bond donors (Lipinski definition) is 1. The zero-order chi connectivity index (χ0) is 16.9. The highest BCUT2D eigenvalue weighted by Crippen LogP contribution is 2.53. The lowest BCUT2D eigenvalue weighted by molar-refractivity contribution is 0.302. The van der Waals surface area contributed by atoms with Gasteiger partial charge in [0.15, 0.2) is 0 Å². The highest BCUT2D eigenvalue weighted by atomic mass is 79.9. The fourth-order valence-electron chi connectivity index (χ4n) is 4.30. The molecule has 2 aromatic rings. The van der Waals surface area contributed by atoms with E-state index in [-0.39, 0.29) is 5.41 Å². The first-order valence-electron chi connectivity index (χ1n) is 8.61. The van der Waals surface area contributed by atoms with Gasteiger partial charge in [-0.25, -0.2) is 4.98 Å². The van der Waals surface area contributed by atoms with Crippen LogP contribution in [0.4, 0.5) is 5.82 Å². The molecule has 0 saturated heterocycles. The standard InChI is InChI=1S/C21H23BrN2/c1-20(2)10-9-16-18(13-20)24-19-17(8-5-11-23-19)21(16,3)14-6-4-7-15(22)12-14/h4-8,11-12H,9-10,13H2,1-3H3,(H,23,24)/t21-/m0/s1. The van der Waals surface area contributed by atoms with Crippen molar-refractivity contribution in [2.24, 2.45) is 5.41 Å². The summed E-state index contributed by atoms with van der Waals surface area (Å²) >= 11 is 3.65. The van der Waals surface area contributed by atoms with Gasteiger partial charge in [-0.3, -0.25) is 0 Å². The van der Waals surface area contributed by atoms with Crippen LogP contribution in [0.1, 0.15) is 51.2 Å². The van der Waals surface area contributed by atoms with Crippen LogP contribution in [0.3, 0.4) is 0 Å². The van der Waals surface area contributed by atoms with Crippen LogP contribution in [0.2, 0.25) is 0 Å². The smallest absolute Gasteiger partial charge is 0.134 e. The van der Waals surface area contributed by atoms with Crippen LogP contribution in [0.5, 0.6) is 0 Å². The lowest BCUT2D eigenvalue weighted by atomic mass is 9.62. The number of fused-ring (bicyclic) bond motifs is 1. The van der Waals surface area contributed by atoms with E-state index >= 15 is 0 Å². The van der Waals surface area contributed by atoms with E-state index in [0.717, 1.165) is 23.1 Å². The Balaban J connectivity index is 1.96. The molecule has 2 aliphatic rings. The predicted molar refractivity (Wildman–Crippen MR) is 103 cm³/mol. The van der Waals surface area contributed by atoms with E-state index in [4.69, 9.17) is 0 Å². The van der Waals surface area contributed by atoms with E-state index in [9.17, 15) is 0 Å². The molecule has 1 aliphatic carbocycles. The topological polar surface area (TPSA) is 24.9 Å². The molecule has 2 nitrogen and oxygen atoms in total. The molecule has 4 rings (SSSR count). The first kappa shape index (κ1) is 15.9. The van der Waals surface area contributed by atoms with E-state index in [2.05, 4.69) is 83.4 Å². The maximum absolute atomic E-state index is 4.64. The van der Waals surface area contributed by atoms with Crippen molar-refractivity contribution in [2.45, 2.75) is 45.4 Å². The molecule has 2 heterocycles. The van der Waals surface area contributed by atoms with Crippen LogP contribution in [0.15, 0.2) is 58.3 Å². The molecule has 3 heteroatoms. The third-order valence-corrected chi connectivity index (χ3v) is 6.19. The largest absolute Gasteiger partial charge is 0.344 e. The monoisotopic (exact) mass is 382 g/mol. The third kappa shape index (κ3) is 2.41. The van der Waals surface area contributed by atoms with Crippen molar-refractivity contribution in [3.8, 4) is 0 Å². The lowest BCUT2D eigenvalue weighted by Crippen LogP contribution is -2.38. The summed E-state index contributed by atoms with van der Waals surface area (Å²) in [6, 6.07) is 13.0. The molecule has 0 bridgehead atoms. The third-order valence-electron chi connectivity index (χ3n) is 5.69. The van der Waals surface area contributed by atoms with E-state index in [1.807, 2.05) is 6.20 Å². The summed E-state index contributed by atoms with van der Waals surface area (Å²) in [5, 5.41) is 3.65. The second kappa shape index (κ2) is 5.45. The van der Waals surface area contributed by atoms with Crippen LogP contribution in [0.25, 0.3) is 0 Å². The number of pyridine rings is 1. The van der Waals surface area contributed by atoms with Crippen molar-refractivity contribution in [3.63, 3.8) is 0 Å². The number of halogens is 1. The van der Waals surface area contributed by atoms with Gasteiger partial charge in [-0.05, 0) is 60.9 Å². The minimum Gasteiger partial charge on any atom is -0.344 e. The molecule has 0 fully saturated rings. The van der Waals surface area contributed by atoms with Gasteiger partial charge in [-0.1, -0.05) is 48.0 Å². The molecule has 124 valence electrons. The maximum atomic E-state index is 4.64. The summed E-state index contributed by atoms with van der Waals surface area (Å²) in [7, 11) is 0. The quantitative estimate of drug-likeness (QED) is 0.649. The fraction of sp³-hybridized carbons (Fsp3) is 0.381. The van der Waals surface area contributed by atoms with Crippen molar-refractivity contribution < 1.29 is 0 Å². The first-order valence-corrected chi connectivity index (χ1v) is 9.40. The summed E-state index contributed by atoms with van der Waals surface area (Å²) in [6.07, 6.45) is 5.33. The van der Waals surface area contributed by atoms with Crippen molar-refractivity contribution in [2.75, 3.05) is 5.32 Å². The Hall–Kier alpha value is -1.61. The zero-order valence-electron chi connectivity index (χ0n) is 14.5. The van der Waals surface area contributed by atoms with Crippen molar-refractivity contribution >= 4 is 21.7 Å². The van der Waals surface area contributed by atoms with Gasteiger partial charge in [0.05, 0.1) is 0 Å². The van der Waals surface area contributed by atoms with Gasteiger partial charge in [0, 0.05) is 27.3 Å². The Kier molecular flexibility index (Phi) is 3.61. The van der Waals surface area contributed by atoms with E-state index in [1.54, 1.807) is 0 Å². The molecule has 1 aromatic heterocycles. The molecular formula is C21H23BrN2. The van der Waals surface area contributed by atoms with E-state index < -0.39 is 0 Å². The normalized spacial score (nSPS) is 24.8.